The largest absolute Gasteiger partial charge is 0.455 e. The molecule has 1 aromatic carbocycles. The van der Waals surface area contributed by atoms with E-state index >= 15 is 0 Å². The van der Waals surface area contributed by atoms with Crippen LogP contribution in [-0.4, -0.2) is 21.3 Å². The third-order valence-electron chi connectivity index (χ3n) is 3.67. The third-order valence-corrected chi connectivity index (χ3v) is 4.14. The number of hydrogen-bond donors (Lipinski definition) is 1. The zero-order chi connectivity index (χ0) is 20.1. The number of carbonyl (C=O) groups is 2. The standard InChI is InChI=1S/C20H16BrN3O4/c1-13(25)22-17(9-14-5-3-2-4-6-14)20(27)28-12-16-10-19(26)24-11-15(21)7-8-18(24)23-16/h2-11H,12H2,1H3,(H,22,25). The zero-order valence-corrected chi connectivity index (χ0v) is 16.5. The Morgan fingerprint density at radius 3 is 2.68 bits per heavy atom. The Kier molecular flexibility index (Phi) is 6.00. The Hall–Kier alpha value is -3.26. The Labute approximate surface area is 168 Å². The average molecular weight is 442 g/mol. The van der Waals surface area contributed by atoms with Gasteiger partial charge in [0.2, 0.25) is 5.91 Å². The summed E-state index contributed by atoms with van der Waals surface area (Å²) in [5, 5.41) is 2.47. The van der Waals surface area contributed by atoms with E-state index in [1.807, 2.05) is 18.2 Å². The fraction of sp³-hybridized carbons (Fsp3) is 0.100. The van der Waals surface area contributed by atoms with Crippen LogP contribution in [0.1, 0.15) is 18.2 Å². The highest BCUT2D eigenvalue weighted by molar-refractivity contribution is 9.10. The number of amides is 1. The van der Waals surface area contributed by atoms with Gasteiger partial charge in [0.25, 0.3) is 5.56 Å². The van der Waals surface area contributed by atoms with E-state index in [9.17, 15) is 14.4 Å². The second kappa shape index (κ2) is 8.62. The van der Waals surface area contributed by atoms with Crippen molar-refractivity contribution < 1.29 is 14.3 Å². The SMILES string of the molecule is CC(=O)NC(=Cc1ccccc1)C(=O)OCc1cc(=O)n2cc(Br)ccc2n1. The predicted octanol–water partition coefficient (Wildman–Crippen LogP) is 2.68. The molecular weight excluding hydrogens is 426 g/mol. The van der Waals surface area contributed by atoms with Gasteiger partial charge in [-0.15, -0.1) is 0 Å². The summed E-state index contributed by atoms with van der Waals surface area (Å²) in [5.41, 5.74) is 1.18. The van der Waals surface area contributed by atoms with Crippen LogP contribution >= 0.6 is 15.9 Å². The Bertz CT molecular complexity index is 1120. The van der Waals surface area contributed by atoms with E-state index in [0.29, 0.717) is 11.3 Å². The van der Waals surface area contributed by atoms with Crippen LogP contribution < -0.4 is 10.9 Å². The number of hydrogen-bond acceptors (Lipinski definition) is 5. The molecule has 2 aromatic heterocycles. The molecule has 1 amide bonds. The van der Waals surface area contributed by atoms with Gasteiger partial charge in [0.05, 0.1) is 5.69 Å². The van der Waals surface area contributed by atoms with Crippen molar-refractivity contribution in [2.75, 3.05) is 0 Å². The van der Waals surface area contributed by atoms with Gasteiger partial charge in [0, 0.05) is 23.7 Å². The summed E-state index contributed by atoms with van der Waals surface area (Å²) >= 11 is 3.30. The second-order valence-electron chi connectivity index (χ2n) is 5.89. The van der Waals surface area contributed by atoms with E-state index < -0.39 is 11.9 Å². The van der Waals surface area contributed by atoms with E-state index in [4.69, 9.17) is 4.74 Å². The molecule has 2 heterocycles. The molecule has 3 aromatic rings. The smallest absolute Gasteiger partial charge is 0.355 e. The summed E-state index contributed by atoms with van der Waals surface area (Å²) in [7, 11) is 0. The first-order valence-corrected chi connectivity index (χ1v) is 9.11. The van der Waals surface area contributed by atoms with Crippen LogP contribution in [0, 0.1) is 0 Å². The van der Waals surface area contributed by atoms with Crippen LogP contribution in [0.2, 0.25) is 0 Å². The molecule has 0 spiro atoms. The lowest BCUT2D eigenvalue weighted by Crippen LogP contribution is -2.26. The number of halogens is 1. The van der Waals surface area contributed by atoms with Gasteiger partial charge in [0.1, 0.15) is 18.0 Å². The molecule has 0 atom stereocenters. The summed E-state index contributed by atoms with van der Waals surface area (Å²) < 4.78 is 7.38. The van der Waals surface area contributed by atoms with Gasteiger partial charge < -0.3 is 10.1 Å². The first-order valence-electron chi connectivity index (χ1n) is 8.32. The van der Waals surface area contributed by atoms with Gasteiger partial charge >= 0.3 is 5.97 Å². The normalized spacial score (nSPS) is 11.3. The van der Waals surface area contributed by atoms with Crippen LogP contribution in [0.4, 0.5) is 0 Å². The summed E-state index contributed by atoms with van der Waals surface area (Å²) in [5.74, 6) is -1.12. The number of fused-ring (bicyclic) bond motifs is 1. The van der Waals surface area contributed by atoms with Crippen molar-refractivity contribution in [1.29, 1.82) is 0 Å². The third kappa shape index (κ3) is 4.92. The number of ether oxygens (including phenoxy) is 1. The van der Waals surface area contributed by atoms with Crippen molar-refractivity contribution in [2.45, 2.75) is 13.5 Å². The lowest BCUT2D eigenvalue weighted by Gasteiger charge is -2.09. The summed E-state index contributed by atoms with van der Waals surface area (Å²) in [6.45, 7) is 1.10. The maximum atomic E-state index is 12.4. The highest BCUT2D eigenvalue weighted by Crippen LogP contribution is 2.11. The molecular formula is C20H16BrN3O4. The minimum atomic E-state index is -0.725. The summed E-state index contributed by atoms with van der Waals surface area (Å²) in [4.78, 5) is 40.4. The lowest BCUT2D eigenvalue weighted by molar-refractivity contribution is -0.141. The van der Waals surface area contributed by atoms with Gasteiger partial charge in [-0.3, -0.25) is 14.0 Å². The van der Waals surface area contributed by atoms with Crippen molar-refractivity contribution in [3.05, 3.63) is 86.5 Å². The molecule has 0 bridgehead atoms. The number of rotatable bonds is 5. The fourth-order valence-corrected chi connectivity index (χ4v) is 2.81. The summed E-state index contributed by atoms with van der Waals surface area (Å²) in [6, 6.07) is 13.8. The highest BCUT2D eigenvalue weighted by Gasteiger charge is 2.14. The van der Waals surface area contributed by atoms with E-state index in [0.717, 1.165) is 10.0 Å². The Morgan fingerprint density at radius 1 is 1.21 bits per heavy atom. The average Bonchev–Trinajstić information content (AvgIpc) is 2.66. The Morgan fingerprint density at radius 2 is 1.96 bits per heavy atom. The molecule has 1 N–H and O–H groups in total. The zero-order valence-electron chi connectivity index (χ0n) is 14.9. The highest BCUT2D eigenvalue weighted by atomic mass is 79.9. The number of esters is 1. The van der Waals surface area contributed by atoms with Crippen LogP contribution in [0.15, 0.2) is 69.7 Å². The van der Waals surface area contributed by atoms with Crippen LogP contribution in [0.3, 0.4) is 0 Å². The number of pyridine rings is 1. The lowest BCUT2D eigenvalue weighted by atomic mass is 10.2. The predicted molar refractivity (Wildman–Crippen MR) is 107 cm³/mol. The molecule has 0 aliphatic heterocycles. The molecule has 0 fully saturated rings. The van der Waals surface area contributed by atoms with E-state index in [-0.39, 0.29) is 17.9 Å². The van der Waals surface area contributed by atoms with Gasteiger partial charge in [-0.1, -0.05) is 30.3 Å². The van der Waals surface area contributed by atoms with Gasteiger partial charge in [-0.25, -0.2) is 9.78 Å². The molecule has 0 saturated carbocycles. The summed E-state index contributed by atoms with van der Waals surface area (Å²) in [6.07, 6.45) is 3.13. The maximum absolute atomic E-state index is 12.4. The number of carbonyl (C=O) groups excluding carboxylic acids is 2. The minimum absolute atomic E-state index is 0.000131. The van der Waals surface area contributed by atoms with E-state index in [1.54, 1.807) is 30.5 Å². The topological polar surface area (TPSA) is 89.8 Å². The number of nitrogens with one attached hydrogen (secondary N) is 1. The van der Waals surface area contributed by atoms with Crippen molar-refractivity contribution in [3.8, 4) is 0 Å². The quantitative estimate of drug-likeness (QED) is 0.485. The number of benzene rings is 1. The van der Waals surface area contributed by atoms with Gasteiger partial charge in [-0.05, 0) is 39.7 Å². The van der Waals surface area contributed by atoms with Crippen LogP contribution in [-0.2, 0) is 20.9 Å². The van der Waals surface area contributed by atoms with Crippen molar-refractivity contribution in [1.82, 2.24) is 14.7 Å². The molecule has 0 aliphatic carbocycles. The molecule has 3 rings (SSSR count). The monoisotopic (exact) mass is 441 g/mol. The molecule has 142 valence electrons. The number of aromatic nitrogens is 2. The van der Waals surface area contributed by atoms with Crippen LogP contribution in [0.25, 0.3) is 11.7 Å². The first kappa shape index (κ1) is 19.5. The maximum Gasteiger partial charge on any atom is 0.355 e. The van der Waals surface area contributed by atoms with E-state index in [2.05, 4.69) is 26.2 Å². The first-order chi connectivity index (χ1) is 13.4. The molecule has 0 unspecified atom stereocenters. The second-order valence-corrected chi connectivity index (χ2v) is 6.80. The van der Waals surface area contributed by atoms with Crippen molar-refractivity contribution in [3.63, 3.8) is 0 Å². The molecule has 7 nitrogen and oxygen atoms in total. The van der Waals surface area contributed by atoms with Gasteiger partial charge in [0.15, 0.2) is 0 Å². The number of nitrogens with zero attached hydrogens (tertiary/aromatic N) is 2. The van der Waals surface area contributed by atoms with Crippen molar-refractivity contribution in [2.24, 2.45) is 0 Å². The molecule has 0 saturated heterocycles. The van der Waals surface area contributed by atoms with Crippen LogP contribution in [0.5, 0.6) is 0 Å². The van der Waals surface area contributed by atoms with Gasteiger partial charge in [-0.2, -0.15) is 0 Å². The van der Waals surface area contributed by atoms with Crippen molar-refractivity contribution >= 4 is 39.5 Å². The molecule has 28 heavy (non-hydrogen) atoms. The minimum Gasteiger partial charge on any atom is -0.455 e. The molecule has 8 heteroatoms. The molecule has 0 aliphatic rings. The van der Waals surface area contributed by atoms with E-state index in [1.165, 1.54) is 23.5 Å². The molecule has 0 radical (unpaired) electrons. The Balaban J connectivity index is 1.80. The fourth-order valence-electron chi connectivity index (χ4n) is 2.47.